The summed E-state index contributed by atoms with van der Waals surface area (Å²) in [6.45, 7) is 0.300. The van der Waals surface area contributed by atoms with Gasteiger partial charge in [-0.15, -0.1) is 0 Å². The monoisotopic (exact) mass is 398 g/mol. The van der Waals surface area contributed by atoms with Gasteiger partial charge in [-0.25, -0.2) is 4.98 Å². The van der Waals surface area contributed by atoms with Crippen LogP contribution in [-0.2, 0) is 20.1 Å². The number of benzene rings is 1. The number of aryl methyl sites for hydroxylation is 1. The number of nitrogens with one attached hydrogen (secondary N) is 1. The van der Waals surface area contributed by atoms with Crippen LogP contribution in [0.3, 0.4) is 0 Å². The third-order valence-electron chi connectivity index (χ3n) is 4.35. The van der Waals surface area contributed by atoms with Crippen molar-refractivity contribution in [2.45, 2.75) is 13.0 Å². The molecular weight excluding hydrogens is 380 g/mol. The zero-order valence-electron chi connectivity index (χ0n) is 15.3. The molecule has 0 amide bonds. The van der Waals surface area contributed by atoms with E-state index < -0.39 is 0 Å². The average molecular weight is 398 g/mol. The van der Waals surface area contributed by atoms with Crippen LogP contribution in [0.1, 0.15) is 16.3 Å². The Labute approximate surface area is 164 Å². The highest BCUT2D eigenvalue weighted by Crippen LogP contribution is 2.23. The molecule has 0 radical (unpaired) electrons. The third kappa shape index (κ3) is 3.56. The van der Waals surface area contributed by atoms with Gasteiger partial charge < -0.3 is 19.1 Å². The van der Waals surface area contributed by atoms with Gasteiger partial charge in [0.25, 0.3) is 0 Å². The predicted molar refractivity (Wildman–Crippen MR) is 105 cm³/mol. The van der Waals surface area contributed by atoms with E-state index in [1.54, 1.807) is 13.2 Å². The number of aromatic nitrogens is 4. The second kappa shape index (κ2) is 7.35. The molecule has 0 aliphatic carbocycles. The lowest BCUT2D eigenvalue weighted by Gasteiger charge is -2.07. The molecule has 28 heavy (non-hydrogen) atoms. The molecule has 4 aromatic rings. The van der Waals surface area contributed by atoms with E-state index in [1.807, 2.05) is 41.9 Å². The van der Waals surface area contributed by atoms with Crippen LogP contribution in [-0.4, -0.2) is 31.7 Å². The first-order valence-corrected chi connectivity index (χ1v) is 9.34. The van der Waals surface area contributed by atoms with Gasteiger partial charge in [-0.1, -0.05) is 23.5 Å². The van der Waals surface area contributed by atoms with Crippen molar-refractivity contribution >= 4 is 22.5 Å². The van der Waals surface area contributed by atoms with E-state index in [9.17, 15) is 9.90 Å². The van der Waals surface area contributed by atoms with Crippen LogP contribution in [0.15, 0.2) is 41.2 Å². The van der Waals surface area contributed by atoms with E-state index in [0.29, 0.717) is 29.5 Å². The number of thiazole rings is 1. The van der Waals surface area contributed by atoms with Crippen LogP contribution in [0.4, 0.5) is 0 Å². The Morgan fingerprint density at radius 3 is 2.64 bits per heavy atom. The van der Waals surface area contributed by atoms with Crippen molar-refractivity contribution in [2.75, 3.05) is 7.11 Å². The minimum absolute atomic E-state index is 0.0672. The molecule has 0 spiro atoms. The normalized spacial score (nSPS) is 11.1. The maximum Gasteiger partial charge on any atom is 0.307 e. The van der Waals surface area contributed by atoms with Crippen molar-refractivity contribution in [1.29, 1.82) is 0 Å². The SMILES string of the molecule is COc1ccc2nc(COc3ccc(Cc4sc(=O)[nH]c4O)cc3)n(C)c2n1. The second-order valence-corrected chi connectivity index (χ2v) is 7.25. The summed E-state index contributed by atoms with van der Waals surface area (Å²) in [5.41, 5.74) is 2.48. The topological polar surface area (TPSA) is 102 Å². The summed E-state index contributed by atoms with van der Waals surface area (Å²) in [4.78, 5) is 22.9. The lowest BCUT2D eigenvalue weighted by Crippen LogP contribution is -2.04. The number of fused-ring (bicyclic) bond motifs is 1. The number of aromatic hydroxyl groups is 1. The molecule has 144 valence electrons. The fourth-order valence-electron chi connectivity index (χ4n) is 2.85. The molecule has 1 aromatic carbocycles. The summed E-state index contributed by atoms with van der Waals surface area (Å²) < 4.78 is 12.9. The zero-order valence-corrected chi connectivity index (χ0v) is 16.1. The smallest absolute Gasteiger partial charge is 0.307 e. The van der Waals surface area contributed by atoms with Gasteiger partial charge in [-0.2, -0.15) is 4.98 Å². The van der Waals surface area contributed by atoms with Gasteiger partial charge in [-0.05, 0) is 23.8 Å². The van der Waals surface area contributed by atoms with Gasteiger partial charge in [-0.3, -0.25) is 9.78 Å². The molecular formula is C19H18N4O4S. The molecule has 2 N–H and O–H groups in total. The van der Waals surface area contributed by atoms with Crippen LogP contribution >= 0.6 is 11.3 Å². The van der Waals surface area contributed by atoms with E-state index in [4.69, 9.17) is 9.47 Å². The number of methoxy groups -OCH3 is 1. The van der Waals surface area contributed by atoms with Crippen molar-refractivity contribution in [3.8, 4) is 17.5 Å². The molecule has 4 rings (SSSR count). The van der Waals surface area contributed by atoms with E-state index in [2.05, 4.69) is 15.0 Å². The minimum atomic E-state index is -0.262. The summed E-state index contributed by atoms with van der Waals surface area (Å²) >= 11 is 1.01. The largest absolute Gasteiger partial charge is 0.494 e. The number of aromatic amines is 1. The highest BCUT2D eigenvalue weighted by molar-refractivity contribution is 7.09. The van der Waals surface area contributed by atoms with E-state index in [1.165, 1.54) is 0 Å². The molecule has 0 unspecified atom stereocenters. The lowest BCUT2D eigenvalue weighted by molar-refractivity contribution is 0.292. The molecule has 8 nitrogen and oxygen atoms in total. The Hall–Kier alpha value is -3.33. The van der Waals surface area contributed by atoms with Gasteiger partial charge in [0.05, 0.1) is 12.0 Å². The second-order valence-electron chi connectivity index (χ2n) is 6.18. The summed E-state index contributed by atoms with van der Waals surface area (Å²) in [5.74, 6) is 1.93. The Morgan fingerprint density at radius 2 is 1.96 bits per heavy atom. The van der Waals surface area contributed by atoms with Crippen molar-refractivity contribution in [3.05, 3.63) is 62.3 Å². The maximum atomic E-state index is 11.3. The van der Waals surface area contributed by atoms with Crippen LogP contribution in [0.2, 0.25) is 0 Å². The number of rotatable bonds is 6. The Morgan fingerprint density at radius 1 is 1.18 bits per heavy atom. The molecule has 3 heterocycles. The molecule has 0 bridgehead atoms. The van der Waals surface area contributed by atoms with Crippen molar-refractivity contribution in [1.82, 2.24) is 19.5 Å². The molecule has 0 saturated heterocycles. The van der Waals surface area contributed by atoms with Crippen molar-refractivity contribution in [2.24, 2.45) is 7.05 Å². The van der Waals surface area contributed by atoms with Gasteiger partial charge in [0, 0.05) is 19.5 Å². The molecule has 0 fully saturated rings. The molecule has 0 atom stereocenters. The molecule has 0 aliphatic rings. The number of ether oxygens (including phenoxy) is 2. The van der Waals surface area contributed by atoms with Crippen LogP contribution in [0.5, 0.6) is 17.5 Å². The van der Waals surface area contributed by atoms with Crippen LogP contribution in [0, 0.1) is 0 Å². The highest BCUT2D eigenvalue weighted by atomic mass is 32.1. The van der Waals surface area contributed by atoms with E-state index in [0.717, 1.165) is 33.9 Å². The van der Waals surface area contributed by atoms with E-state index in [-0.39, 0.29) is 10.8 Å². The Balaban J connectivity index is 1.45. The summed E-state index contributed by atoms with van der Waals surface area (Å²) in [6.07, 6.45) is 0.480. The summed E-state index contributed by atoms with van der Waals surface area (Å²) in [5, 5.41) is 9.68. The quantitative estimate of drug-likeness (QED) is 0.518. The predicted octanol–water partition coefficient (Wildman–Crippen LogP) is 2.60. The zero-order chi connectivity index (χ0) is 19.7. The number of hydrogen-bond acceptors (Lipinski definition) is 7. The number of nitrogens with zero attached hydrogens (tertiary/aromatic N) is 3. The first-order chi connectivity index (χ1) is 13.5. The maximum absolute atomic E-state index is 11.3. The first-order valence-electron chi connectivity index (χ1n) is 8.52. The number of pyridine rings is 1. The van der Waals surface area contributed by atoms with Gasteiger partial charge in [0.15, 0.2) is 5.65 Å². The molecule has 9 heteroatoms. The molecule has 3 aromatic heterocycles. The minimum Gasteiger partial charge on any atom is -0.494 e. The number of imidazole rings is 1. The third-order valence-corrected chi connectivity index (χ3v) is 5.22. The van der Waals surface area contributed by atoms with Crippen LogP contribution in [0.25, 0.3) is 11.2 Å². The average Bonchev–Trinajstić information content (AvgIpc) is 3.19. The van der Waals surface area contributed by atoms with Gasteiger partial charge in [0.2, 0.25) is 11.8 Å². The number of hydrogen-bond donors (Lipinski definition) is 2. The Bertz CT molecular complexity index is 1180. The fourth-order valence-corrected chi connectivity index (χ4v) is 3.60. The highest BCUT2D eigenvalue weighted by Gasteiger charge is 2.11. The van der Waals surface area contributed by atoms with Crippen molar-refractivity contribution in [3.63, 3.8) is 0 Å². The number of H-pyrrole nitrogens is 1. The summed E-state index contributed by atoms with van der Waals surface area (Å²) in [7, 11) is 3.47. The van der Waals surface area contributed by atoms with E-state index >= 15 is 0 Å². The summed E-state index contributed by atoms with van der Waals surface area (Å²) in [6, 6.07) is 11.2. The van der Waals surface area contributed by atoms with Gasteiger partial charge in [0.1, 0.15) is 23.7 Å². The van der Waals surface area contributed by atoms with Gasteiger partial charge >= 0.3 is 4.87 Å². The molecule has 0 saturated carbocycles. The fraction of sp³-hybridized carbons (Fsp3) is 0.211. The lowest BCUT2D eigenvalue weighted by atomic mass is 10.1. The Kier molecular flexibility index (Phi) is 4.74. The van der Waals surface area contributed by atoms with Crippen molar-refractivity contribution < 1.29 is 14.6 Å². The first kappa shape index (κ1) is 18.1. The molecule has 0 aliphatic heterocycles. The standard InChI is InChI=1S/C19H18N4O4S/c1-23-15(20-13-7-8-16(26-2)21-17(13)23)10-27-12-5-3-11(4-6-12)9-14-18(24)22-19(25)28-14/h3-8,24H,9-10H2,1-2H3,(H,22,25). The van der Waals surface area contributed by atoms with Crippen LogP contribution < -0.4 is 14.3 Å².